The number of fused-ring (bicyclic) bond motifs is 1. The molecule has 0 radical (unpaired) electrons. The Morgan fingerprint density at radius 3 is 2.59 bits per heavy atom. The molecule has 5 heteroatoms. The van der Waals surface area contributed by atoms with Gasteiger partial charge >= 0.3 is 0 Å². The molecule has 0 spiro atoms. The molecule has 0 saturated heterocycles. The zero-order valence-electron chi connectivity index (χ0n) is 17.1. The lowest BCUT2D eigenvalue weighted by Gasteiger charge is -2.29. The van der Waals surface area contributed by atoms with Gasteiger partial charge < -0.3 is 9.47 Å². The maximum atomic E-state index is 5.92. The Balaban J connectivity index is 1.52. The number of rotatable bonds is 7. The molecule has 150 valence electrons. The summed E-state index contributed by atoms with van der Waals surface area (Å²) in [6.45, 7) is 7.87. The van der Waals surface area contributed by atoms with Gasteiger partial charge in [-0.1, -0.05) is 42.5 Å². The quantitative estimate of drug-likeness (QED) is 0.595. The van der Waals surface area contributed by atoms with Crippen molar-refractivity contribution >= 4 is 0 Å². The van der Waals surface area contributed by atoms with Crippen molar-refractivity contribution in [3.63, 3.8) is 0 Å². The van der Waals surface area contributed by atoms with Gasteiger partial charge in [0.15, 0.2) is 17.3 Å². The summed E-state index contributed by atoms with van der Waals surface area (Å²) in [5.74, 6) is 2.49. The van der Waals surface area contributed by atoms with E-state index in [9.17, 15) is 0 Å². The maximum Gasteiger partial charge on any atom is 0.165 e. The molecule has 0 fully saturated rings. The van der Waals surface area contributed by atoms with Crippen LogP contribution in [-0.4, -0.2) is 34.6 Å². The third kappa shape index (κ3) is 4.40. The second-order valence-electron chi connectivity index (χ2n) is 7.10. The van der Waals surface area contributed by atoms with Gasteiger partial charge in [-0.05, 0) is 19.9 Å². The molecule has 0 aliphatic carbocycles. The second-order valence-corrected chi connectivity index (χ2v) is 7.10. The molecule has 3 aromatic rings. The van der Waals surface area contributed by atoms with Crippen LogP contribution in [0.3, 0.4) is 0 Å². The highest BCUT2D eigenvalue weighted by Gasteiger charge is 2.21. The molecule has 0 amide bonds. The van der Waals surface area contributed by atoms with Crippen LogP contribution >= 0.6 is 0 Å². The predicted molar refractivity (Wildman–Crippen MR) is 114 cm³/mol. The van der Waals surface area contributed by atoms with Crippen molar-refractivity contribution in [2.75, 3.05) is 19.8 Å². The predicted octanol–water partition coefficient (Wildman–Crippen LogP) is 4.50. The van der Waals surface area contributed by atoms with E-state index in [0.717, 1.165) is 60.2 Å². The summed E-state index contributed by atoms with van der Waals surface area (Å²) in [6.07, 6.45) is 2.91. The first-order chi connectivity index (χ1) is 14.3. The van der Waals surface area contributed by atoms with E-state index in [1.54, 1.807) is 0 Å². The Bertz CT molecular complexity index is 960. The Morgan fingerprint density at radius 1 is 0.966 bits per heavy atom. The molecule has 0 atom stereocenters. The van der Waals surface area contributed by atoms with Gasteiger partial charge in [0, 0.05) is 48.9 Å². The summed E-state index contributed by atoms with van der Waals surface area (Å²) < 4.78 is 11.7. The first-order valence-electron chi connectivity index (χ1n) is 10.3. The van der Waals surface area contributed by atoms with Gasteiger partial charge in [-0.25, -0.2) is 9.97 Å². The van der Waals surface area contributed by atoms with Gasteiger partial charge in [-0.2, -0.15) is 0 Å². The number of hydrogen-bond acceptors (Lipinski definition) is 5. The van der Waals surface area contributed by atoms with Crippen LogP contribution in [0.5, 0.6) is 11.5 Å². The Kier molecular flexibility index (Phi) is 6.06. The van der Waals surface area contributed by atoms with Crippen molar-refractivity contribution in [1.29, 1.82) is 0 Å². The molecule has 0 N–H and O–H groups in total. The molecular formula is C24H27N3O2. The zero-order valence-corrected chi connectivity index (χ0v) is 17.1. The van der Waals surface area contributed by atoms with E-state index >= 15 is 0 Å². The fraction of sp³-hybridized carbons (Fsp3) is 0.333. The molecule has 29 heavy (non-hydrogen) atoms. The van der Waals surface area contributed by atoms with E-state index in [0.29, 0.717) is 13.2 Å². The molecular weight excluding hydrogens is 362 g/mol. The van der Waals surface area contributed by atoms with Crippen LogP contribution in [0, 0.1) is 0 Å². The molecule has 5 nitrogen and oxygen atoms in total. The van der Waals surface area contributed by atoms with Crippen LogP contribution < -0.4 is 9.47 Å². The molecule has 2 aromatic carbocycles. The average Bonchev–Trinajstić information content (AvgIpc) is 2.76. The van der Waals surface area contributed by atoms with E-state index in [-0.39, 0.29) is 0 Å². The third-order valence-electron chi connectivity index (χ3n) is 5.09. The molecule has 1 aliphatic rings. The molecule has 2 heterocycles. The number of benzene rings is 2. The van der Waals surface area contributed by atoms with Crippen molar-refractivity contribution in [2.24, 2.45) is 0 Å². The minimum absolute atomic E-state index is 0.621. The Hall–Kier alpha value is -2.92. The smallest absolute Gasteiger partial charge is 0.165 e. The van der Waals surface area contributed by atoms with Crippen LogP contribution in [0.15, 0.2) is 54.7 Å². The average molecular weight is 389 g/mol. The topological polar surface area (TPSA) is 47.5 Å². The summed E-state index contributed by atoms with van der Waals surface area (Å²) in [5.41, 5.74) is 4.58. The minimum atomic E-state index is 0.621. The van der Waals surface area contributed by atoms with Gasteiger partial charge in [0.1, 0.15) is 0 Å². The SMILES string of the molecule is CCOc1cccc(CN2CCc3nc(-c4ccccc4)ncc3C2)c1OCC. The lowest BCUT2D eigenvalue weighted by atomic mass is 10.1. The van der Waals surface area contributed by atoms with Gasteiger partial charge in [0.05, 0.1) is 18.9 Å². The van der Waals surface area contributed by atoms with Crippen molar-refractivity contribution in [3.8, 4) is 22.9 Å². The van der Waals surface area contributed by atoms with Gasteiger partial charge in [-0.3, -0.25) is 4.90 Å². The van der Waals surface area contributed by atoms with Gasteiger partial charge in [0.25, 0.3) is 0 Å². The summed E-state index contributed by atoms with van der Waals surface area (Å²) >= 11 is 0. The van der Waals surface area contributed by atoms with Crippen molar-refractivity contribution in [3.05, 3.63) is 71.5 Å². The van der Waals surface area contributed by atoms with Crippen molar-refractivity contribution < 1.29 is 9.47 Å². The molecule has 1 aromatic heterocycles. The van der Waals surface area contributed by atoms with Gasteiger partial charge in [0.2, 0.25) is 0 Å². The van der Waals surface area contributed by atoms with E-state index in [1.807, 2.05) is 50.4 Å². The monoisotopic (exact) mass is 389 g/mol. The molecule has 0 bridgehead atoms. The van der Waals surface area contributed by atoms with Crippen LogP contribution in [-0.2, 0) is 19.5 Å². The fourth-order valence-corrected chi connectivity index (χ4v) is 3.74. The number of para-hydroxylation sites is 1. The van der Waals surface area contributed by atoms with E-state index < -0.39 is 0 Å². The van der Waals surface area contributed by atoms with E-state index in [2.05, 4.69) is 28.1 Å². The van der Waals surface area contributed by atoms with Crippen molar-refractivity contribution in [1.82, 2.24) is 14.9 Å². The largest absolute Gasteiger partial charge is 0.490 e. The number of nitrogens with zero attached hydrogens (tertiary/aromatic N) is 3. The molecule has 4 rings (SSSR count). The molecule has 0 unspecified atom stereocenters. The second kappa shape index (κ2) is 9.05. The van der Waals surface area contributed by atoms with Crippen LogP contribution in [0.1, 0.15) is 30.7 Å². The minimum Gasteiger partial charge on any atom is -0.490 e. The summed E-state index contributed by atoms with van der Waals surface area (Å²) in [7, 11) is 0. The number of aromatic nitrogens is 2. The van der Waals surface area contributed by atoms with Crippen LogP contribution in [0.2, 0.25) is 0 Å². The van der Waals surface area contributed by atoms with Crippen molar-refractivity contribution in [2.45, 2.75) is 33.4 Å². The lowest BCUT2D eigenvalue weighted by molar-refractivity contribution is 0.233. The number of hydrogen-bond donors (Lipinski definition) is 0. The summed E-state index contributed by atoms with van der Waals surface area (Å²) in [4.78, 5) is 11.9. The zero-order chi connectivity index (χ0) is 20.1. The summed E-state index contributed by atoms with van der Waals surface area (Å²) in [5, 5.41) is 0. The van der Waals surface area contributed by atoms with E-state index in [1.165, 1.54) is 5.56 Å². The summed E-state index contributed by atoms with van der Waals surface area (Å²) in [6, 6.07) is 16.3. The molecule has 0 saturated carbocycles. The standard InChI is InChI=1S/C24H27N3O2/c1-3-28-22-12-8-11-19(23(22)29-4-2)16-27-14-13-21-20(17-27)15-25-24(26-21)18-9-6-5-7-10-18/h5-12,15H,3-4,13-14,16-17H2,1-2H3. The highest BCUT2D eigenvalue weighted by Crippen LogP contribution is 2.33. The van der Waals surface area contributed by atoms with Gasteiger partial charge in [-0.15, -0.1) is 0 Å². The Morgan fingerprint density at radius 2 is 1.79 bits per heavy atom. The highest BCUT2D eigenvalue weighted by atomic mass is 16.5. The molecule has 1 aliphatic heterocycles. The fourth-order valence-electron chi connectivity index (χ4n) is 3.74. The number of ether oxygens (including phenoxy) is 2. The normalized spacial score (nSPS) is 13.7. The lowest BCUT2D eigenvalue weighted by Crippen LogP contribution is -2.31. The first kappa shape index (κ1) is 19.4. The van der Waals surface area contributed by atoms with Crippen LogP contribution in [0.25, 0.3) is 11.4 Å². The Labute approximate surface area is 172 Å². The van der Waals surface area contributed by atoms with Crippen LogP contribution in [0.4, 0.5) is 0 Å². The maximum absolute atomic E-state index is 5.92. The first-order valence-corrected chi connectivity index (χ1v) is 10.3. The third-order valence-corrected chi connectivity index (χ3v) is 5.09. The van der Waals surface area contributed by atoms with E-state index in [4.69, 9.17) is 14.5 Å². The highest BCUT2D eigenvalue weighted by molar-refractivity contribution is 5.54.